The third kappa shape index (κ3) is 3.50. The molecule has 1 aromatic heterocycles. The van der Waals surface area contributed by atoms with Crippen LogP contribution in [0.4, 0.5) is 0 Å². The summed E-state index contributed by atoms with van der Waals surface area (Å²) in [6.07, 6.45) is 0. The van der Waals surface area contributed by atoms with Crippen LogP contribution in [0.2, 0.25) is 0 Å². The molecule has 0 aliphatic carbocycles. The van der Waals surface area contributed by atoms with E-state index in [4.69, 9.17) is 4.42 Å². The Kier molecular flexibility index (Phi) is 4.84. The first-order chi connectivity index (χ1) is 9.67. The first-order valence-corrected chi connectivity index (χ1v) is 10.4. The van der Waals surface area contributed by atoms with Crippen LogP contribution < -0.4 is 5.32 Å². The Hall–Kier alpha value is -0.420. The van der Waals surface area contributed by atoms with E-state index in [-0.39, 0.29) is 27.6 Å². The zero-order valence-corrected chi connectivity index (χ0v) is 14.9. The zero-order valence-electron chi connectivity index (χ0n) is 11.7. The first kappa shape index (κ1) is 16.9. The highest BCUT2D eigenvalue weighted by atomic mass is 79.9. The van der Waals surface area contributed by atoms with Gasteiger partial charge in [0.15, 0.2) is 14.5 Å². The first-order valence-electron chi connectivity index (χ1n) is 6.32. The molecule has 7 nitrogen and oxygen atoms in total. The Bertz CT molecular complexity index is 726. The van der Waals surface area contributed by atoms with E-state index in [0.29, 0.717) is 12.3 Å². The average Bonchev–Trinajstić information content (AvgIpc) is 2.69. The molecule has 1 N–H and O–H groups in total. The molecule has 1 saturated heterocycles. The molecule has 0 spiro atoms. The summed E-state index contributed by atoms with van der Waals surface area (Å²) in [5.41, 5.74) is 0. The third-order valence-corrected chi connectivity index (χ3v) is 7.92. The van der Waals surface area contributed by atoms with E-state index in [1.54, 1.807) is 14.0 Å². The van der Waals surface area contributed by atoms with E-state index < -0.39 is 25.9 Å². The van der Waals surface area contributed by atoms with Gasteiger partial charge in [-0.2, -0.15) is 4.31 Å². The standard InChI is InChI=1S/C11H17BrN2O5S2/c1-8-7-20(15,16)4-3-14(8)21(17,18)10-5-9(6-13-2)19-11(10)12/h5,8,13H,3-4,6-7H2,1-2H3. The Balaban J connectivity index is 2.34. The van der Waals surface area contributed by atoms with Crippen LogP contribution in [-0.2, 0) is 26.4 Å². The molecule has 1 aliphatic rings. The third-order valence-electron chi connectivity index (χ3n) is 3.25. The van der Waals surface area contributed by atoms with E-state index >= 15 is 0 Å². The van der Waals surface area contributed by atoms with Crippen molar-refractivity contribution in [2.45, 2.75) is 24.4 Å². The zero-order chi connectivity index (χ0) is 15.8. The molecule has 10 heteroatoms. The number of sulfone groups is 1. The molecule has 0 aromatic carbocycles. The molecule has 0 amide bonds. The molecule has 120 valence electrons. The van der Waals surface area contributed by atoms with Crippen molar-refractivity contribution in [3.8, 4) is 0 Å². The molecule has 1 aromatic rings. The van der Waals surface area contributed by atoms with E-state index in [9.17, 15) is 16.8 Å². The monoisotopic (exact) mass is 400 g/mol. The number of furan rings is 1. The molecule has 2 heterocycles. The fourth-order valence-corrected chi connectivity index (χ4v) is 6.66. The molecular formula is C11H17BrN2O5S2. The van der Waals surface area contributed by atoms with Gasteiger partial charge in [0.25, 0.3) is 0 Å². The molecule has 1 unspecified atom stereocenters. The van der Waals surface area contributed by atoms with Crippen molar-refractivity contribution < 1.29 is 21.3 Å². The van der Waals surface area contributed by atoms with Gasteiger partial charge in [0.2, 0.25) is 10.0 Å². The van der Waals surface area contributed by atoms with Gasteiger partial charge in [-0.05, 0) is 29.9 Å². The van der Waals surface area contributed by atoms with Gasteiger partial charge in [-0.25, -0.2) is 16.8 Å². The van der Waals surface area contributed by atoms with Crippen LogP contribution in [0.5, 0.6) is 0 Å². The largest absolute Gasteiger partial charge is 0.452 e. The lowest BCUT2D eigenvalue weighted by Crippen LogP contribution is -2.49. The second-order valence-electron chi connectivity index (χ2n) is 4.96. The van der Waals surface area contributed by atoms with Gasteiger partial charge in [0.1, 0.15) is 10.7 Å². The number of halogens is 1. The summed E-state index contributed by atoms with van der Waals surface area (Å²) in [4.78, 5) is 0.0268. The Morgan fingerprint density at radius 2 is 2.19 bits per heavy atom. The fourth-order valence-electron chi connectivity index (χ4n) is 2.30. The van der Waals surface area contributed by atoms with E-state index in [1.807, 2.05) is 0 Å². The molecule has 1 aliphatic heterocycles. The number of hydrogen-bond donors (Lipinski definition) is 1. The fraction of sp³-hybridized carbons (Fsp3) is 0.636. The van der Waals surface area contributed by atoms with E-state index in [0.717, 1.165) is 0 Å². The maximum Gasteiger partial charge on any atom is 0.247 e. The van der Waals surface area contributed by atoms with Gasteiger partial charge in [-0.3, -0.25) is 0 Å². The average molecular weight is 401 g/mol. The van der Waals surface area contributed by atoms with Crippen molar-refractivity contribution in [1.82, 2.24) is 9.62 Å². The second kappa shape index (κ2) is 5.99. The van der Waals surface area contributed by atoms with Crippen LogP contribution in [0.25, 0.3) is 0 Å². The summed E-state index contributed by atoms with van der Waals surface area (Å²) in [5, 5.41) is 2.87. The predicted octanol–water partition coefficient (Wildman–Crippen LogP) is 0.569. The number of nitrogens with zero attached hydrogens (tertiary/aromatic N) is 1. The molecule has 1 atom stereocenters. The van der Waals surface area contributed by atoms with Gasteiger partial charge in [-0.1, -0.05) is 0 Å². The number of hydrogen-bond acceptors (Lipinski definition) is 6. The summed E-state index contributed by atoms with van der Waals surface area (Å²) < 4.78 is 55.2. The van der Waals surface area contributed by atoms with Crippen LogP contribution >= 0.6 is 15.9 Å². The van der Waals surface area contributed by atoms with Gasteiger partial charge in [-0.15, -0.1) is 0 Å². The lowest BCUT2D eigenvalue weighted by atomic mass is 10.4. The van der Waals surface area contributed by atoms with Crippen molar-refractivity contribution in [1.29, 1.82) is 0 Å². The minimum atomic E-state index is -3.79. The molecule has 0 radical (unpaired) electrons. The molecule has 1 fully saturated rings. The van der Waals surface area contributed by atoms with Gasteiger partial charge < -0.3 is 9.73 Å². The van der Waals surface area contributed by atoms with Gasteiger partial charge in [0, 0.05) is 18.7 Å². The van der Waals surface area contributed by atoms with Crippen molar-refractivity contribution >= 4 is 35.8 Å². The molecule has 0 saturated carbocycles. The Morgan fingerprint density at radius 1 is 1.52 bits per heavy atom. The minimum Gasteiger partial charge on any atom is -0.452 e. The maximum atomic E-state index is 12.7. The highest BCUT2D eigenvalue weighted by Gasteiger charge is 2.38. The lowest BCUT2D eigenvalue weighted by Gasteiger charge is -2.31. The number of rotatable bonds is 4. The highest BCUT2D eigenvalue weighted by molar-refractivity contribution is 9.10. The summed E-state index contributed by atoms with van der Waals surface area (Å²) in [5.74, 6) is 0.167. The Morgan fingerprint density at radius 3 is 2.76 bits per heavy atom. The second-order valence-corrected chi connectivity index (χ2v) is 9.77. The highest BCUT2D eigenvalue weighted by Crippen LogP contribution is 2.30. The summed E-state index contributed by atoms with van der Waals surface area (Å²) >= 11 is 3.11. The summed E-state index contributed by atoms with van der Waals surface area (Å²) in [6, 6.07) is 0.856. The normalized spacial score (nSPS) is 23.3. The SMILES string of the molecule is CNCc1cc(S(=O)(=O)N2CCS(=O)(=O)CC2C)c(Br)o1. The van der Waals surface area contributed by atoms with Crippen LogP contribution in [0.1, 0.15) is 12.7 Å². The minimum absolute atomic E-state index is 0.0268. The van der Waals surface area contributed by atoms with Crippen molar-refractivity contribution in [2.75, 3.05) is 25.1 Å². The molecule has 0 bridgehead atoms. The Labute approximate surface area is 132 Å². The molecule has 21 heavy (non-hydrogen) atoms. The topological polar surface area (TPSA) is 96.7 Å². The summed E-state index contributed by atoms with van der Waals surface area (Å²) in [6.45, 7) is 1.96. The summed E-state index contributed by atoms with van der Waals surface area (Å²) in [7, 11) is -5.24. The van der Waals surface area contributed by atoms with Crippen LogP contribution in [-0.4, -0.2) is 52.3 Å². The predicted molar refractivity (Wildman–Crippen MR) is 81.2 cm³/mol. The number of nitrogens with one attached hydrogen (secondary N) is 1. The van der Waals surface area contributed by atoms with E-state index in [2.05, 4.69) is 21.2 Å². The smallest absolute Gasteiger partial charge is 0.247 e. The van der Waals surface area contributed by atoms with Crippen molar-refractivity contribution in [3.05, 3.63) is 16.5 Å². The molecule has 2 rings (SSSR count). The quantitative estimate of drug-likeness (QED) is 0.793. The van der Waals surface area contributed by atoms with Crippen molar-refractivity contribution in [3.63, 3.8) is 0 Å². The van der Waals surface area contributed by atoms with Crippen molar-refractivity contribution in [2.24, 2.45) is 0 Å². The lowest BCUT2D eigenvalue weighted by molar-refractivity contribution is 0.356. The van der Waals surface area contributed by atoms with Gasteiger partial charge in [0.05, 0.1) is 18.1 Å². The van der Waals surface area contributed by atoms with Crippen LogP contribution in [0.3, 0.4) is 0 Å². The van der Waals surface area contributed by atoms with E-state index in [1.165, 1.54) is 10.4 Å². The number of sulfonamides is 1. The van der Waals surface area contributed by atoms with Gasteiger partial charge >= 0.3 is 0 Å². The molecular weight excluding hydrogens is 384 g/mol. The van der Waals surface area contributed by atoms with Crippen LogP contribution in [0, 0.1) is 0 Å². The van der Waals surface area contributed by atoms with Crippen LogP contribution in [0.15, 0.2) is 20.0 Å². The maximum absolute atomic E-state index is 12.7.